The summed E-state index contributed by atoms with van der Waals surface area (Å²) in [5.74, 6) is -0.839. The summed E-state index contributed by atoms with van der Waals surface area (Å²) >= 11 is 0. The van der Waals surface area contributed by atoms with Crippen LogP contribution in [0.5, 0.6) is 0 Å². The lowest BCUT2D eigenvalue weighted by Gasteiger charge is -2.18. The maximum atomic E-state index is 12.2. The number of ketones is 1. The van der Waals surface area contributed by atoms with E-state index in [1.165, 1.54) is 12.8 Å². The normalized spacial score (nSPS) is 17.3. The van der Waals surface area contributed by atoms with Gasteiger partial charge in [-0.25, -0.2) is 0 Å². The van der Waals surface area contributed by atoms with Crippen molar-refractivity contribution in [3.8, 4) is 0 Å². The molecule has 1 amide bonds. The summed E-state index contributed by atoms with van der Waals surface area (Å²) in [4.78, 5) is 25.8. The van der Waals surface area contributed by atoms with Crippen LogP contribution in [-0.2, 0) is 11.2 Å². The first-order chi connectivity index (χ1) is 10.1. The van der Waals surface area contributed by atoms with Crippen LogP contribution >= 0.6 is 0 Å². The standard InChI is InChI=1S/C17H20N2O2/c1-3-12-4-7-15-14(8-12)16(20)17(21)19(15)10-11(2)9-18-13-5-6-13/h4,7-8,13,18H,2-3,5-6,9-10H2,1H3. The number of benzene rings is 1. The Hall–Kier alpha value is -1.94. The van der Waals surface area contributed by atoms with E-state index in [2.05, 4.69) is 11.9 Å². The summed E-state index contributed by atoms with van der Waals surface area (Å²) in [7, 11) is 0. The fraction of sp³-hybridized carbons (Fsp3) is 0.412. The number of rotatable bonds is 6. The van der Waals surface area contributed by atoms with E-state index in [0.717, 1.165) is 23.2 Å². The van der Waals surface area contributed by atoms with E-state index >= 15 is 0 Å². The van der Waals surface area contributed by atoms with Crippen LogP contribution < -0.4 is 10.2 Å². The number of hydrogen-bond donors (Lipinski definition) is 1. The van der Waals surface area contributed by atoms with Crippen LogP contribution in [0.2, 0.25) is 0 Å². The SMILES string of the molecule is C=C(CNC1CC1)CN1C(=O)C(=O)c2cc(CC)ccc21. The van der Waals surface area contributed by atoms with Crippen LogP contribution in [0, 0.1) is 0 Å². The van der Waals surface area contributed by atoms with Gasteiger partial charge in [0.2, 0.25) is 0 Å². The molecule has 1 aromatic carbocycles. The van der Waals surface area contributed by atoms with Gasteiger partial charge in [0.15, 0.2) is 0 Å². The Morgan fingerprint density at radius 3 is 2.81 bits per heavy atom. The quantitative estimate of drug-likeness (QED) is 0.643. The highest BCUT2D eigenvalue weighted by atomic mass is 16.2. The van der Waals surface area contributed by atoms with Gasteiger partial charge in [0.05, 0.1) is 11.3 Å². The molecule has 0 bridgehead atoms. The van der Waals surface area contributed by atoms with Gasteiger partial charge in [-0.15, -0.1) is 0 Å². The molecule has 3 rings (SSSR count). The lowest BCUT2D eigenvalue weighted by molar-refractivity contribution is -0.114. The van der Waals surface area contributed by atoms with Gasteiger partial charge in [-0.3, -0.25) is 9.59 Å². The maximum Gasteiger partial charge on any atom is 0.299 e. The molecule has 2 aliphatic rings. The number of carbonyl (C=O) groups excluding carboxylic acids is 2. The molecule has 1 N–H and O–H groups in total. The molecule has 1 aromatic rings. The van der Waals surface area contributed by atoms with Crippen molar-refractivity contribution >= 4 is 17.4 Å². The fourth-order valence-electron chi connectivity index (χ4n) is 2.58. The van der Waals surface area contributed by atoms with Crippen molar-refractivity contribution in [3.05, 3.63) is 41.5 Å². The van der Waals surface area contributed by atoms with E-state index in [-0.39, 0.29) is 0 Å². The van der Waals surface area contributed by atoms with Crippen LogP contribution in [-0.4, -0.2) is 30.8 Å². The minimum absolute atomic E-state index is 0.400. The van der Waals surface area contributed by atoms with Gasteiger partial charge in [-0.1, -0.05) is 19.6 Å². The molecule has 1 heterocycles. The third-order valence-electron chi connectivity index (χ3n) is 4.04. The Balaban J connectivity index is 1.75. The molecule has 4 heteroatoms. The zero-order valence-corrected chi connectivity index (χ0v) is 12.3. The summed E-state index contributed by atoms with van der Waals surface area (Å²) < 4.78 is 0. The van der Waals surface area contributed by atoms with Crippen LogP contribution in [0.15, 0.2) is 30.4 Å². The zero-order valence-electron chi connectivity index (χ0n) is 12.3. The molecule has 0 unspecified atom stereocenters. The smallest absolute Gasteiger partial charge is 0.299 e. The molecule has 0 aromatic heterocycles. The molecule has 0 radical (unpaired) electrons. The molecule has 1 fully saturated rings. The predicted octanol–water partition coefficient (Wildman–Crippen LogP) is 2.09. The van der Waals surface area contributed by atoms with Crippen LogP contribution in [0.3, 0.4) is 0 Å². The van der Waals surface area contributed by atoms with Crippen molar-refractivity contribution in [1.82, 2.24) is 5.32 Å². The van der Waals surface area contributed by atoms with Crippen molar-refractivity contribution in [2.75, 3.05) is 18.0 Å². The second kappa shape index (κ2) is 5.45. The Morgan fingerprint density at radius 2 is 2.14 bits per heavy atom. The van der Waals surface area contributed by atoms with Gasteiger partial charge >= 0.3 is 0 Å². The zero-order chi connectivity index (χ0) is 15.0. The highest BCUT2D eigenvalue weighted by Crippen LogP contribution is 2.30. The summed E-state index contributed by atoms with van der Waals surface area (Å²) in [5, 5.41) is 3.38. The Kier molecular flexibility index (Phi) is 3.64. The van der Waals surface area contributed by atoms with Crippen LogP contribution in [0.1, 0.15) is 35.7 Å². The third-order valence-corrected chi connectivity index (χ3v) is 4.04. The number of hydrogen-bond acceptors (Lipinski definition) is 3. The second-order valence-electron chi connectivity index (χ2n) is 5.83. The molecule has 0 spiro atoms. The Bertz CT molecular complexity index is 617. The molecule has 1 aliphatic heterocycles. The number of fused-ring (bicyclic) bond motifs is 1. The summed E-state index contributed by atoms with van der Waals surface area (Å²) in [6.45, 7) is 7.16. The number of aryl methyl sites for hydroxylation is 1. The monoisotopic (exact) mass is 284 g/mol. The molecule has 0 atom stereocenters. The molecule has 1 aliphatic carbocycles. The average Bonchev–Trinajstić information content (AvgIpc) is 3.29. The molecule has 4 nitrogen and oxygen atoms in total. The van der Waals surface area contributed by atoms with Crippen LogP contribution in [0.25, 0.3) is 0 Å². The van der Waals surface area contributed by atoms with Crippen molar-refractivity contribution in [3.63, 3.8) is 0 Å². The number of anilines is 1. The van der Waals surface area contributed by atoms with E-state index in [9.17, 15) is 9.59 Å². The van der Waals surface area contributed by atoms with Crippen molar-refractivity contribution in [2.24, 2.45) is 0 Å². The predicted molar refractivity (Wildman–Crippen MR) is 82.7 cm³/mol. The molecular formula is C17H20N2O2. The van der Waals surface area contributed by atoms with Crippen LogP contribution in [0.4, 0.5) is 5.69 Å². The first-order valence-electron chi connectivity index (χ1n) is 7.49. The maximum absolute atomic E-state index is 12.2. The van der Waals surface area contributed by atoms with Gasteiger partial charge in [0.25, 0.3) is 11.7 Å². The summed E-state index contributed by atoms with van der Waals surface area (Å²) in [6.07, 6.45) is 3.29. The minimum atomic E-state index is -0.439. The lowest BCUT2D eigenvalue weighted by Crippen LogP contribution is -2.33. The van der Waals surface area contributed by atoms with Crippen molar-refractivity contribution in [2.45, 2.75) is 32.2 Å². The van der Waals surface area contributed by atoms with E-state index in [4.69, 9.17) is 0 Å². The van der Waals surface area contributed by atoms with Gasteiger partial charge in [-0.2, -0.15) is 0 Å². The third kappa shape index (κ3) is 2.76. The van der Waals surface area contributed by atoms with Gasteiger partial charge < -0.3 is 10.2 Å². The van der Waals surface area contributed by atoms with E-state index in [0.29, 0.717) is 24.7 Å². The summed E-state index contributed by atoms with van der Waals surface area (Å²) in [5.41, 5.74) is 3.25. The molecule has 1 saturated carbocycles. The topological polar surface area (TPSA) is 49.4 Å². The summed E-state index contributed by atoms with van der Waals surface area (Å²) in [6, 6.07) is 6.29. The highest BCUT2D eigenvalue weighted by molar-refractivity contribution is 6.52. The van der Waals surface area contributed by atoms with Gasteiger partial charge in [-0.05, 0) is 42.5 Å². The first-order valence-corrected chi connectivity index (χ1v) is 7.49. The van der Waals surface area contributed by atoms with E-state index in [1.807, 2.05) is 25.1 Å². The van der Waals surface area contributed by atoms with Crippen molar-refractivity contribution < 1.29 is 9.59 Å². The van der Waals surface area contributed by atoms with Gasteiger partial charge in [0.1, 0.15) is 0 Å². The van der Waals surface area contributed by atoms with E-state index in [1.54, 1.807) is 4.90 Å². The first kappa shape index (κ1) is 14.0. The van der Waals surface area contributed by atoms with Gasteiger partial charge in [0, 0.05) is 19.1 Å². The largest absolute Gasteiger partial charge is 0.310 e. The lowest BCUT2D eigenvalue weighted by atomic mass is 10.1. The number of Topliss-reactive ketones (excluding diaryl/α,β-unsaturated/α-hetero) is 1. The Morgan fingerprint density at radius 1 is 1.38 bits per heavy atom. The number of carbonyl (C=O) groups is 2. The second-order valence-corrected chi connectivity index (χ2v) is 5.83. The molecular weight excluding hydrogens is 264 g/mol. The Labute approximate surface area is 124 Å². The fourth-order valence-corrected chi connectivity index (χ4v) is 2.58. The molecule has 0 saturated heterocycles. The number of nitrogens with zero attached hydrogens (tertiary/aromatic N) is 1. The average molecular weight is 284 g/mol. The van der Waals surface area contributed by atoms with E-state index < -0.39 is 11.7 Å². The number of nitrogens with one attached hydrogen (secondary N) is 1. The molecule has 21 heavy (non-hydrogen) atoms. The number of amides is 1. The van der Waals surface area contributed by atoms with Crippen molar-refractivity contribution in [1.29, 1.82) is 0 Å². The highest BCUT2D eigenvalue weighted by Gasteiger charge is 2.36. The molecule has 110 valence electrons. The minimum Gasteiger partial charge on any atom is -0.310 e.